The lowest BCUT2D eigenvalue weighted by molar-refractivity contribution is -0.108. The first-order chi connectivity index (χ1) is 23.1. The third kappa shape index (κ3) is 6.39. The monoisotopic (exact) mass is 598 g/mol. The summed E-state index contributed by atoms with van der Waals surface area (Å²) in [7, 11) is 0. The lowest BCUT2D eigenvalue weighted by Crippen LogP contribution is -2.02. The fourth-order valence-corrected chi connectivity index (χ4v) is 5.83. The Balaban J connectivity index is 1.38. The summed E-state index contributed by atoms with van der Waals surface area (Å²) in [5.41, 5.74) is 11.9. The number of aryl methyl sites for hydroxylation is 1. The van der Waals surface area contributed by atoms with E-state index in [1.54, 1.807) is 0 Å². The number of rotatable bonds is 4. The predicted octanol–water partition coefficient (Wildman–Crippen LogP) is 9.90. The Bertz CT molecular complexity index is 2250. The van der Waals surface area contributed by atoms with Gasteiger partial charge < -0.3 is 0 Å². The summed E-state index contributed by atoms with van der Waals surface area (Å²) in [6, 6.07) is 54.6. The molecule has 1 heteroatoms. The Morgan fingerprint density at radius 2 is 0.617 bits per heavy atom. The minimum Gasteiger partial charge on any atom is -0.289 e. The first-order valence-electron chi connectivity index (χ1n) is 15.7. The molecule has 0 amide bonds. The van der Waals surface area contributed by atoms with Crippen molar-refractivity contribution < 1.29 is 4.79 Å². The molecule has 0 radical (unpaired) electrons. The Morgan fingerprint density at radius 3 is 1.02 bits per heavy atom. The van der Waals surface area contributed by atoms with Crippen LogP contribution in [0.5, 0.6) is 0 Å². The standard InChI is InChI=1S/C46H30O/c1-33-17-27-39(28-18-33)42-43(40-29-23-36(24-30-40)21-19-34-11-5-2-6-12-34)45(46(47)44(42)38-15-9-4-10-16-38)41-31-25-37(26-32-41)22-20-35-13-7-3-8-14-35/h2-18,23-32H,1H3. The van der Waals surface area contributed by atoms with Gasteiger partial charge in [0.25, 0.3) is 0 Å². The van der Waals surface area contributed by atoms with Crippen LogP contribution in [0, 0.1) is 30.6 Å². The maximum atomic E-state index is 14.7. The Kier molecular flexibility index (Phi) is 8.29. The quantitative estimate of drug-likeness (QED) is 0.185. The van der Waals surface area contributed by atoms with Gasteiger partial charge >= 0.3 is 0 Å². The molecule has 0 fully saturated rings. The third-order valence-corrected chi connectivity index (χ3v) is 8.20. The first kappa shape index (κ1) is 29.3. The van der Waals surface area contributed by atoms with E-state index in [2.05, 4.69) is 67.0 Å². The first-order valence-corrected chi connectivity index (χ1v) is 15.7. The number of carbonyl (C=O) groups excluding carboxylic acids is 1. The van der Waals surface area contributed by atoms with Gasteiger partial charge in [0.15, 0.2) is 5.78 Å². The van der Waals surface area contributed by atoms with E-state index in [4.69, 9.17) is 0 Å². The zero-order valence-electron chi connectivity index (χ0n) is 26.0. The van der Waals surface area contributed by atoms with Gasteiger partial charge in [-0.2, -0.15) is 0 Å². The van der Waals surface area contributed by atoms with Gasteiger partial charge in [0.05, 0.1) is 0 Å². The molecule has 1 nitrogen and oxygen atoms in total. The van der Waals surface area contributed by atoms with Crippen LogP contribution in [0.4, 0.5) is 0 Å². The van der Waals surface area contributed by atoms with E-state index in [9.17, 15) is 4.79 Å². The van der Waals surface area contributed by atoms with E-state index in [0.717, 1.165) is 55.7 Å². The molecule has 1 aliphatic carbocycles. The molecular formula is C46H30O. The van der Waals surface area contributed by atoms with Crippen LogP contribution in [-0.4, -0.2) is 5.78 Å². The molecule has 220 valence electrons. The number of benzene rings is 6. The van der Waals surface area contributed by atoms with Crippen LogP contribution in [0.3, 0.4) is 0 Å². The van der Waals surface area contributed by atoms with Gasteiger partial charge in [0, 0.05) is 44.5 Å². The Hall–Kier alpha value is -6.41. The molecule has 47 heavy (non-hydrogen) atoms. The molecule has 0 aromatic heterocycles. The zero-order chi connectivity index (χ0) is 32.0. The van der Waals surface area contributed by atoms with E-state index in [1.807, 2.05) is 127 Å². The van der Waals surface area contributed by atoms with Gasteiger partial charge in [0.1, 0.15) is 0 Å². The van der Waals surface area contributed by atoms with Crippen molar-refractivity contribution in [1.29, 1.82) is 0 Å². The molecule has 0 N–H and O–H groups in total. The molecule has 6 aromatic carbocycles. The summed E-state index contributed by atoms with van der Waals surface area (Å²) < 4.78 is 0. The van der Waals surface area contributed by atoms with Gasteiger partial charge in [-0.15, -0.1) is 0 Å². The number of hydrogen-bond acceptors (Lipinski definition) is 1. The number of hydrogen-bond donors (Lipinski definition) is 0. The molecule has 0 spiro atoms. The molecule has 0 atom stereocenters. The summed E-state index contributed by atoms with van der Waals surface area (Å²) in [4.78, 5) is 14.7. The highest BCUT2D eigenvalue weighted by Gasteiger charge is 2.35. The van der Waals surface area contributed by atoms with E-state index in [-0.39, 0.29) is 5.78 Å². The molecular weight excluding hydrogens is 569 g/mol. The topological polar surface area (TPSA) is 17.1 Å². The fourth-order valence-electron chi connectivity index (χ4n) is 5.83. The number of allylic oxidation sites excluding steroid dienone is 4. The van der Waals surface area contributed by atoms with Crippen LogP contribution >= 0.6 is 0 Å². The smallest absolute Gasteiger partial charge is 0.195 e. The molecule has 0 bridgehead atoms. The SMILES string of the molecule is Cc1ccc(C2=C(c3ccccc3)C(=O)C(c3ccc(C#Cc4ccccc4)cc3)=C2c2ccc(C#Cc3ccccc3)cc2)cc1. The van der Waals surface area contributed by atoms with Gasteiger partial charge in [-0.3, -0.25) is 4.79 Å². The molecule has 0 unspecified atom stereocenters. The number of carbonyl (C=O) groups is 1. The third-order valence-electron chi connectivity index (χ3n) is 8.20. The fraction of sp³-hybridized carbons (Fsp3) is 0.0217. The van der Waals surface area contributed by atoms with Gasteiger partial charge in [-0.25, -0.2) is 0 Å². The Morgan fingerprint density at radius 1 is 0.319 bits per heavy atom. The summed E-state index contributed by atoms with van der Waals surface area (Å²) in [5.74, 6) is 13.0. The van der Waals surface area contributed by atoms with Crippen LogP contribution in [0.15, 0.2) is 164 Å². The average Bonchev–Trinajstić information content (AvgIpc) is 3.44. The highest BCUT2D eigenvalue weighted by molar-refractivity contribution is 6.59. The number of ketones is 1. The average molecular weight is 599 g/mol. The maximum Gasteiger partial charge on any atom is 0.195 e. The summed E-state index contributed by atoms with van der Waals surface area (Å²) in [6.45, 7) is 2.08. The van der Waals surface area contributed by atoms with Crippen LogP contribution in [0.25, 0.3) is 22.3 Å². The summed E-state index contributed by atoms with van der Waals surface area (Å²) in [6.07, 6.45) is 0. The van der Waals surface area contributed by atoms with Crippen LogP contribution < -0.4 is 0 Å². The van der Waals surface area contributed by atoms with Crippen molar-refractivity contribution in [3.05, 3.63) is 214 Å². The van der Waals surface area contributed by atoms with Crippen molar-refractivity contribution >= 4 is 28.1 Å². The molecule has 6 aromatic rings. The minimum absolute atomic E-state index is 0.0119. The summed E-state index contributed by atoms with van der Waals surface area (Å²) in [5, 5.41) is 0. The van der Waals surface area contributed by atoms with Crippen molar-refractivity contribution in [2.75, 3.05) is 0 Å². The molecule has 0 saturated heterocycles. The van der Waals surface area contributed by atoms with Crippen molar-refractivity contribution in [2.24, 2.45) is 0 Å². The van der Waals surface area contributed by atoms with Crippen LogP contribution in [-0.2, 0) is 4.79 Å². The maximum absolute atomic E-state index is 14.7. The van der Waals surface area contributed by atoms with E-state index < -0.39 is 0 Å². The second kappa shape index (κ2) is 13.3. The molecule has 7 rings (SSSR count). The van der Waals surface area contributed by atoms with Gasteiger partial charge in [-0.1, -0.05) is 145 Å². The molecule has 0 aliphatic heterocycles. The van der Waals surface area contributed by atoms with Crippen molar-refractivity contribution in [2.45, 2.75) is 6.92 Å². The van der Waals surface area contributed by atoms with Crippen LogP contribution in [0.1, 0.15) is 50.1 Å². The number of Topliss-reactive ketones (excluding diaryl/α,β-unsaturated/α-hetero) is 1. The molecule has 0 heterocycles. The second-order valence-electron chi connectivity index (χ2n) is 11.4. The second-order valence-corrected chi connectivity index (χ2v) is 11.4. The van der Waals surface area contributed by atoms with E-state index >= 15 is 0 Å². The predicted molar refractivity (Wildman–Crippen MR) is 194 cm³/mol. The van der Waals surface area contributed by atoms with E-state index in [0.29, 0.717) is 11.1 Å². The normalized spacial score (nSPS) is 12.3. The van der Waals surface area contributed by atoms with Crippen molar-refractivity contribution in [3.8, 4) is 23.7 Å². The largest absolute Gasteiger partial charge is 0.289 e. The highest BCUT2D eigenvalue weighted by Crippen LogP contribution is 2.49. The lowest BCUT2D eigenvalue weighted by atomic mass is 9.88. The molecule has 1 aliphatic rings. The van der Waals surface area contributed by atoms with Crippen molar-refractivity contribution in [1.82, 2.24) is 0 Å². The minimum atomic E-state index is 0.0119. The molecule has 0 saturated carbocycles. The highest BCUT2D eigenvalue weighted by atomic mass is 16.1. The van der Waals surface area contributed by atoms with E-state index in [1.165, 1.54) is 5.56 Å². The Labute approximate surface area is 276 Å². The van der Waals surface area contributed by atoms with Crippen molar-refractivity contribution in [3.63, 3.8) is 0 Å². The van der Waals surface area contributed by atoms with Crippen LogP contribution in [0.2, 0.25) is 0 Å². The lowest BCUT2D eigenvalue weighted by Gasteiger charge is -2.14. The van der Waals surface area contributed by atoms with Gasteiger partial charge in [0.2, 0.25) is 0 Å². The zero-order valence-corrected chi connectivity index (χ0v) is 26.0. The van der Waals surface area contributed by atoms with Gasteiger partial charge in [-0.05, 0) is 77.7 Å². The summed E-state index contributed by atoms with van der Waals surface area (Å²) >= 11 is 0.